The molecule has 0 radical (unpaired) electrons. The molecule has 26 heavy (non-hydrogen) atoms. The Morgan fingerprint density at radius 3 is 2.54 bits per heavy atom. The SMILES string of the molecule is CN1/C(=C\C=N\NC(=S)Nc2ccc(F)cc2)C(C)(C)c2ccccc21. The van der Waals surface area contributed by atoms with E-state index < -0.39 is 0 Å². The largest absolute Gasteiger partial charge is 0.347 e. The van der Waals surface area contributed by atoms with Crippen LogP contribution in [-0.2, 0) is 5.41 Å². The van der Waals surface area contributed by atoms with E-state index in [1.165, 1.54) is 23.4 Å². The Bertz CT molecular complexity index is 872. The maximum absolute atomic E-state index is 12.9. The van der Waals surface area contributed by atoms with Gasteiger partial charge in [0.25, 0.3) is 0 Å². The van der Waals surface area contributed by atoms with Crippen molar-refractivity contribution in [2.45, 2.75) is 19.3 Å². The highest BCUT2D eigenvalue weighted by atomic mass is 32.1. The number of hydrogen-bond donors (Lipinski definition) is 2. The molecule has 0 atom stereocenters. The van der Waals surface area contributed by atoms with Crippen LogP contribution < -0.4 is 15.6 Å². The van der Waals surface area contributed by atoms with Gasteiger partial charge in [0.05, 0.1) is 0 Å². The zero-order valence-electron chi connectivity index (χ0n) is 15.0. The van der Waals surface area contributed by atoms with Crippen LogP contribution in [0.3, 0.4) is 0 Å². The number of benzene rings is 2. The average Bonchev–Trinajstić information content (AvgIpc) is 2.81. The van der Waals surface area contributed by atoms with Gasteiger partial charge in [0.15, 0.2) is 5.11 Å². The molecule has 6 heteroatoms. The van der Waals surface area contributed by atoms with E-state index in [2.05, 4.69) is 59.8 Å². The normalized spacial score (nSPS) is 16.8. The van der Waals surface area contributed by atoms with Crippen molar-refractivity contribution in [3.63, 3.8) is 0 Å². The smallest absolute Gasteiger partial charge is 0.191 e. The lowest BCUT2D eigenvalue weighted by Gasteiger charge is -2.23. The van der Waals surface area contributed by atoms with Crippen molar-refractivity contribution < 1.29 is 4.39 Å². The van der Waals surface area contributed by atoms with Crippen molar-refractivity contribution >= 4 is 34.9 Å². The number of fused-ring (bicyclic) bond motifs is 1. The molecule has 0 saturated heterocycles. The monoisotopic (exact) mass is 368 g/mol. The van der Waals surface area contributed by atoms with Crippen LogP contribution in [0.1, 0.15) is 19.4 Å². The Hall–Kier alpha value is -2.73. The first kappa shape index (κ1) is 18.1. The predicted octanol–water partition coefficient (Wildman–Crippen LogP) is 4.41. The lowest BCUT2D eigenvalue weighted by Crippen LogP contribution is -2.24. The van der Waals surface area contributed by atoms with Crippen molar-refractivity contribution in [1.82, 2.24) is 5.43 Å². The van der Waals surface area contributed by atoms with E-state index >= 15 is 0 Å². The zero-order chi connectivity index (χ0) is 18.7. The number of thiocarbonyl (C=S) groups is 1. The molecule has 1 aliphatic rings. The van der Waals surface area contributed by atoms with Crippen molar-refractivity contribution in [3.8, 4) is 0 Å². The lowest BCUT2D eigenvalue weighted by atomic mass is 9.84. The molecular weight excluding hydrogens is 347 g/mol. The molecule has 0 amide bonds. The minimum absolute atomic E-state index is 0.0930. The summed E-state index contributed by atoms with van der Waals surface area (Å²) in [6, 6.07) is 14.3. The van der Waals surface area contributed by atoms with Gasteiger partial charge in [-0.25, -0.2) is 4.39 Å². The molecule has 0 aromatic heterocycles. The fourth-order valence-corrected chi connectivity index (χ4v) is 3.37. The van der Waals surface area contributed by atoms with E-state index in [9.17, 15) is 4.39 Å². The molecule has 0 fully saturated rings. The molecule has 0 saturated carbocycles. The van der Waals surface area contributed by atoms with Gasteiger partial charge in [-0.05, 0) is 54.2 Å². The van der Waals surface area contributed by atoms with Crippen LogP contribution in [0.5, 0.6) is 0 Å². The van der Waals surface area contributed by atoms with Crippen LogP contribution in [0.4, 0.5) is 15.8 Å². The summed E-state index contributed by atoms with van der Waals surface area (Å²) >= 11 is 5.18. The summed E-state index contributed by atoms with van der Waals surface area (Å²) in [5.41, 5.74) is 7.03. The minimum Gasteiger partial charge on any atom is -0.347 e. The maximum atomic E-state index is 12.9. The van der Waals surface area contributed by atoms with Gasteiger partial charge in [-0.3, -0.25) is 5.43 Å². The molecule has 4 nitrogen and oxygen atoms in total. The number of nitrogens with zero attached hydrogens (tertiary/aromatic N) is 2. The standard InChI is InChI=1S/C20H21FN4S/c1-20(2)16-6-4-5-7-17(16)25(3)18(20)12-13-22-24-19(26)23-15-10-8-14(21)9-11-15/h4-13H,1-3H3,(H2,23,24,26)/b18-12-,22-13+. The summed E-state index contributed by atoms with van der Waals surface area (Å²) in [6.45, 7) is 4.40. The zero-order valence-corrected chi connectivity index (χ0v) is 15.8. The number of nitrogens with one attached hydrogen (secondary N) is 2. The minimum atomic E-state index is -0.289. The second-order valence-corrected chi connectivity index (χ2v) is 7.01. The van der Waals surface area contributed by atoms with Gasteiger partial charge in [-0.15, -0.1) is 0 Å². The summed E-state index contributed by atoms with van der Waals surface area (Å²) < 4.78 is 12.9. The van der Waals surface area contributed by atoms with E-state index in [4.69, 9.17) is 12.2 Å². The molecule has 134 valence electrons. The van der Waals surface area contributed by atoms with Gasteiger partial charge < -0.3 is 10.2 Å². The molecule has 2 N–H and O–H groups in total. The van der Waals surface area contributed by atoms with Crippen LogP contribution in [-0.4, -0.2) is 18.4 Å². The van der Waals surface area contributed by atoms with Crippen molar-refractivity contribution in [3.05, 3.63) is 71.7 Å². The number of hydrazone groups is 1. The third-order valence-electron chi connectivity index (χ3n) is 4.52. The summed E-state index contributed by atoms with van der Waals surface area (Å²) in [7, 11) is 2.06. The average molecular weight is 368 g/mol. The first-order chi connectivity index (χ1) is 12.4. The Morgan fingerprint density at radius 1 is 1.15 bits per heavy atom. The van der Waals surface area contributed by atoms with Gasteiger partial charge in [-0.2, -0.15) is 5.10 Å². The number of anilines is 2. The van der Waals surface area contributed by atoms with E-state index in [1.807, 2.05) is 12.1 Å². The van der Waals surface area contributed by atoms with Gasteiger partial charge in [0.2, 0.25) is 0 Å². The Kier molecular flexibility index (Phi) is 5.04. The van der Waals surface area contributed by atoms with Crippen LogP contribution in [0.25, 0.3) is 0 Å². The van der Waals surface area contributed by atoms with Crippen molar-refractivity contribution in [2.24, 2.45) is 5.10 Å². The van der Waals surface area contributed by atoms with Crippen molar-refractivity contribution in [1.29, 1.82) is 0 Å². The number of halogens is 1. The van der Waals surface area contributed by atoms with Gasteiger partial charge in [0, 0.05) is 35.7 Å². The molecule has 3 rings (SSSR count). The highest BCUT2D eigenvalue weighted by Gasteiger charge is 2.37. The molecule has 1 heterocycles. The fourth-order valence-electron chi connectivity index (χ4n) is 3.20. The number of likely N-dealkylation sites (N-methyl/N-ethyl adjacent to an activating group) is 1. The number of para-hydroxylation sites is 1. The fraction of sp³-hybridized carbons (Fsp3) is 0.200. The Balaban J connectivity index is 1.64. The molecule has 1 aliphatic heterocycles. The molecule has 2 aromatic rings. The third-order valence-corrected chi connectivity index (χ3v) is 4.71. The van der Waals surface area contributed by atoms with E-state index in [0.29, 0.717) is 10.8 Å². The van der Waals surface area contributed by atoms with Gasteiger partial charge >= 0.3 is 0 Å². The number of allylic oxidation sites excluding steroid dienone is 2. The second-order valence-electron chi connectivity index (χ2n) is 6.60. The van der Waals surface area contributed by atoms with Crippen LogP contribution in [0.15, 0.2) is 65.4 Å². The molecular formula is C20H21FN4S. The van der Waals surface area contributed by atoms with Crippen molar-refractivity contribution in [2.75, 3.05) is 17.3 Å². The first-order valence-corrected chi connectivity index (χ1v) is 8.70. The van der Waals surface area contributed by atoms with Crippen LogP contribution in [0.2, 0.25) is 0 Å². The quantitative estimate of drug-likeness (QED) is 0.478. The van der Waals surface area contributed by atoms with E-state index in [0.717, 1.165) is 5.70 Å². The first-order valence-electron chi connectivity index (χ1n) is 8.29. The molecule has 0 spiro atoms. The maximum Gasteiger partial charge on any atom is 0.191 e. The molecule has 0 bridgehead atoms. The Morgan fingerprint density at radius 2 is 1.85 bits per heavy atom. The molecule has 0 unspecified atom stereocenters. The van der Waals surface area contributed by atoms with Crippen LogP contribution in [0, 0.1) is 5.82 Å². The summed E-state index contributed by atoms with van der Waals surface area (Å²) in [6.07, 6.45) is 3.67. The number of rotatable bonds is 3. The Labute approximate surface area is 158 Å². The number of hydrogen-bond acceptors (Lipinski definition) is 3. The molecule has 2 aromatic carbocycles. The summed E-state index contributed by atoms with van der Waals surface area (Å²) in [5, 5.41) is 7.44. The third kappa shape index (κ3) is 3.60. The highest BCUT2D eigenvalue weighted by Crippen LogP contribution is 2.46. The second kappa shape index (κ2) is 7.25. The summed E-state index contributed by atoms with van der Waals surface area (Å²) in [5.74, 6) is -0.289. The van der Waals surface area contributed by atoms with Crippen LogP contribution >= 0.6 is 12.2 Å². The van der Waals surface area contributed by atoms with Gasteiger partial charge in [-0.1, -0.05) is 32.0 Å². The van der Waals surface area contributed by atoms with E-state index in [1.54, 1.807) is 18.3 Å². The topological polar surface area (TPSA) is 39.7 Å². The molecule has 0 aliphatic carbocycles. The van der Waals surface area contributed by atoms with E-state index in [-0.39, 0.29) is 11.2 Å². The summed E-state index contributed by atoms with van der Waals surface area (Å²) in [4.78, 5) is 2.18. The highest BCUT2D eigenvalue weighted by molar-refractivity contribution is 7.80. The predicted molar refractivity (Wildman–Crippen MR) is 110 cm³/mol. The lowest BCUT2D eigenvalue weighted by molar-refractivity contribution is 0.628. The van der Waals surface area contributed by atoms with Gasteiger partial charge in [0.1, 0.15) is 5.82 Å².